The molecule has 0 heterocycles. The first kappa shape index (κ1) is 24.8. The van der Waals surface area contributed by atoms with E-state index >= 15 is 0 Å². The van der Waals surface area contributed by atoms with Crippen LogP contribution in [0.15, 0.2) is 49.6 Å². The maximum atomic E-state index is 11.1. The van der Waals surface area contributed by atoms with Crippen molar-refractivity contribution in [2.75, 3.05) is 28.4 Å². The van der Waals surface area contributed by atoms with Crippen molar-refractivity contribution >= 4 is 23.9 Å². The quantitative estimate of drug-likeness (QED) is 0.227. The van der Waals surface area contributed by atoms with E-state index < -0.39 is 11.9 Å². The second-order valence-corrected chi connectivity index (χ2v) is 4.99. The van der Waals surface area contributed by atoms with Gasteiger partial charge in [-0.1, -0.05) is 24.3 Å². The standard InChI is InChI=1S/C10H14O4.C8H10O4.C2H4.H2/c1-13-9(11)7-3-5-8(6-4-7)10(12)14-2;1-11-7(9)5-3-4-6-8(10)12-2;1-2;/h3,5,7-8H,4,6H2,1-2H3;3-6H,1-2H3;1-2H2;1H/b;5-3+,6-4+;;/i;;;1+2D. The molecule has 2 atom stereocenters. The monoisotopic (exact) mass is 401 g/mol. The summed E-state index contributed by atoms with van der Waals surface area (Å²) in [6.07, 6.45) is 9.89. The van der Waals surface area contributed by atoms with Crippen LogP contribution >= 0.6 is 0 Å². The summed E-state index contributed by atoms with van der Waals surface area (Å²) in [5, 5.41) is 0. The molecule has 0 saturated carbocycles. The van der Waals surface area contributed by atoms with E-state index in [2.05, 4.69) is 32.1 Å². The summed E-state index contributed by atoms with van der Waals surface area (Å²) in [5.74, 6) is -1.84. The predicted octanol–water partition coefficient (Wildman–Crippen LogP) is 2.41. The molecule has 1 aliphatic rings. The van der Waals surface area contributed by atoms with E-state index in [1.54, 1.807) is 12.2 Å². The fourth-order valence-electron chi connectivity index (χ4n) is 1.92. The molecule has 0 bridgehead atoms. The highest BCUT2D eigenvalue weighted by Crippen LogP contribution is 2.23. The molecule has 0 aliphatic heterocycles. The number of hydrogen-bond donors (Lipinski definition) is 0. The van der Waals surface area contributed by atoms with Crippen LogP contribution in [0.3, 0.4) is 0 Å². The Kier molecular flexibility index (Phi) is 15.3. The van der Waals surface area contributed by atoms with E-state index in [9.17, 15) is 19.2 Å². The van der Waals surface area contributed by atoms with Gasteiger partial charge in [0.25, 0.3) is 0 Å². The number of ether oxygens (including phenoxy) is 4. The number of hydrogen-bond acceptors (Lipinski definition) is 8. The molecular weight excluding hydrogens is 368 g/mol. The van der Waals surface area contributed by atoms with Gasteiger partial charge < -0.3 is 18.9 Å². The molecule has 8 nitrogen and oxygen atoms in total. The maximum Gasteiger partial charge on any atom is 0.330 e. The van der Waals surface area contributed by atoms with Gasteiger partial charge in [0.15, 0.2) is 0 Å². The van der Waals surface area contributed by atoms with Crippen molar-refractivity contribution in [2.24, 2.45) is 11.8 Å². The topological polar surface area (TPSA) is 105 Å². The van der Waals surface area contributed by atoms with Gasteiger partial charge in [-0.15, -0.1) is 13.2 Å². The molecule has 0 aromatic rings. The Bertz CT molecular complexity index is 550. The molecule has 0 fully saturated rings. The van der Waals surface area contributed by atoms with E-state index in [-0.39, 0.29) is 23.8 Å². The van der Waals surface area contributed by atoms with Gasteiger partial charge in [-0.05, 0) is 12.8 Å². The van der Waals surface area contributed by atoms with Gasteiger partial charge in [0.2, 0.25) is 0 Å². The highest BCUT2D eigenvalue weighted by atomic mass is 16.5. The van der Waals surface area contributed by atoms with Crippen molar-refractivity contribution < 1.29 is 41.1 Å². The zero-order valence-electron chi connectivity index (χ0n) is 18.7. The van der Waals surface area contributed by atoms with Crippen molar-refractivity contribution in [1.82, 2.24) is 0 Å². The Labute approximate surface area is 168 Å². The van der Waals surface area contributed by atoms with E-state index in [0.717, 1.165) is 0 Å². The molecule has 1 rings (SSSR count). The lowest BCUT2D eigenvalue weighted by atomic mass is 9.89. The molecule has 28 heavy (non-hydrogen) atoms. The molecule has 8 heteroatoms. The summed E-state index contributed by atoms with van der Waals surface area (Å²) in [7, 11) is 5.28. The van der Waals surface area contributed by atoms with E-state index in [1.807, 2.05) is 0 Å². The van der Waals surface area contributed by atoms with Gasteiger partial charge in [-0.25, -0.2) is 9.59 Å². The molecular formula is C20H30O8. The molecule has 0 radical (unpaired) electrons. The molecule has 0 aromatic heterocycles. The fraction of sp³-hybridized carbons (Fsp3) is 0.400. The summed E-state index contributed by atoms with van der Waals surface area (Å²) >= 11 is 0. The molecule has 158 valence electrons. The molecule has 0 aromatic carbocycles. The Morgan fingerprint density at radius 2 is 1.14 bits per heavy atom. The second kappa shape index (κ2) is 17.3. The van der Waals surface area contributed by atoms with Crippen LogP contribution in [0, 0.1) is 11.8 Å². The first-order valence-corrected chi connectivity index (χ1v) is 8.24. The zero-order valence-corrected chi connectivity index (χ0v) is 16.7. The minimum Gasteiger partial charge on any atom is -0.469 e. The van der Waals surface area contributed by atoms with Gasteiger partial charge in [0.1, 0.15) is 0 Å². The molecule has 0 saturated heterocycles. The Morgan fingerprint density at radius 3 is 1.36 bits per heavy atom. The summed E-state index contributed by atoms with van der Waals surface area (Å²) in [6.45, 7) is 6.00. The largest absolute Gasteiger partial charge is 0.469 e. The average molecular weight is 401 g/mol. The van der Waals surface area contributed by atoms with Crippen LogP contribution in [-0.2, 0) is 38.1 Å². The average Bonchev–Trinajstić information content (AvgIpc) is 2.83. The van der Waals surface area contributed by atoms with Crippen LogP contribution in [0.4, 0.5) is 0 Å². The Hall–Kier alpha value is -3.16. The third-order valence-corrected chi connectivity index (χ3v) is 3.35. The predicted molar refractivity (Wildman–Crippen MR) is 105 cm³/mol. The minimum absolute atomic E-state index is 0.207. The van der Waals surface area contributed by atoms with Crippen LogP contribution in [0.25, 0.3) is 0 Å². The van der Waals surface area contributed by atoms with Crippen molar-refractivity contribution in [3.05, 3.63) is 49.6 Å². The lowest BCUT2D eigenvalue weighted by molar-refractivity contribution is -0.147. The smallest absolute Gasteiger partial charge is 0.330 e. The van der Waals surface area contributed by atoms with Crippen LogP contribution in [-0.4, -0.2) is 52.3 Å². The zero-order chi connectivity index (χ0) is 23.9. The fourth-order valence-corrected chi connectivity index (χ4v) is 1.92. The molecule has 0 spiro atoms. The lowest BCUT2D eigenvalue weighted by Gasteiger charge is -2.19. The normalized spacial score (nSPS) is 17.7. The summed E-state index contributed by atoms with van der Waals surface area (Å²) < 4.78 is 27.8. The SMILES string of the molecule is C=C.COC(=O)/C=C/C=C/C(=O)OC.COC(=O)C1C=CC(C(=O)OC)CC1.[2H][3H]. The van der Waals surface area contributed by atoms with Gasteiger partial charge in [-0.2, -0.15) is 0 Å². The maximum absolute atomic E-state index is 11.1. The molecule has 0 amide bonds. The van der Waals surface area contributed by atoms with Crippen LogP contribution in [0.2, 0.25) is 0 Å². The first-order valence-electron chi connectivity index (χ1n) is 9.24. The Balaban J connectivity index is -0.000000421. The van der Waals surface area contributed by atoms with Crippen LogP contribution < -0.4 is 0 Å². The number of carbonyl (C=O) groups is 4. The summed E-state index contributed by atoms with van der Waals surface area (Å²) in [4.78, 5) is 43.2. The number of methoxy groups -OCH3 is 4. The van der Waals surface area contributed by atoms with Crippen molar-refractivity contribution in [3.63, 3.8) is 0 Å². The number of rotatable bonds is 5. The van der Waals surface area contributed by atoms with Crippen LogP contribution in [0.5, 0.6) is 0 Å². The molecule has 0 N–H and O–H groups in total. The third-order valence-electron chi connectivity index (χ3n) is 3.35. The molecule has 2 unspecified atom stereocenters. The van der Waals surface area contributed by atoms with Crippen molar-refractivity contribution in [3.8, 4) is 0 Å². The first-order chi connectivity index (χ1) is 14.4. The van der Waals surface area contributed by atoms with Crippen molar-refractivity contribution in [1.29, 1.82) is 0 Å². The lowest BCUT2D eigenvalue weighted by Crippen LogP contribution is -2.23. The number of esters is 4. The Morgan fingerprint density at radius 1 is 0.821 bits per heavy atom. The van der Waals surface area contributed by atoms with Gasteiger partial charge in [0.05, 0.1) is 40.3 Å². The van der Waals surface area contributed by atoms with Gasteiger partial charge >= 0.3 is 23.9 Å². The van der Waals surface area contributed by atoms with Crippen LogP contribution in [0.1, 0.15) is 15.8 Å². The van der Waals surface area contributed by atoms with E-state index in [1.165, 1.54) is 52.7 Å². The highest BCUT2D eigenvalue weighted by Gasteiger charge is 2.26. The van der Waals surface area contributed by atoms with Crippen molar-refractivity contribution in [2.45, 2.75) is 12.8 Å². The second-order valence-electron chi connectivity index (χ2n) is 4.99. The van der Waals surface area contributed by atoms with Gasteiger partial charge in [-0.3, -0.25) is 9.59 Å². The summed E-state index contributed by atoms with van der Waals surface area (Å²) in [6, 6.07) is 0. The van der Waals surface area contributed by atoms with E-state index in [4.69, 9.17) is 2.97 Å². The third kappa shape index (κ3) is 12.2. The number of carbonyl (C=O) groups excluding carboxylic acids is 4. The highest BCUT2D eigenvalue weighted by molar-refractivity contribution is 5.84. The number of allylic oxidation sites excluding steroid dienone is 2. The van der Waals surface area contributed by atoms with E-state index in [0.29, 0.717) is 12.8 Å². The van der Waals surface area contributed by atoms with Gasteiger partial charge in [0, 0.05) is 15.1 Å². The minimum atomic E-state index is -0.468. The summed E-state index contributed by atoms with van der Waals surface area (Å²) in [5.41, 5.74) is 0. The molecule has 1 aliphatic carbocycles.